The number of methoxy groups -OCH3 is 1. The Morgan fingerprint density at radius 3 is 2.92 bits per heavy atom. The second-order valence-electron chi connectivity index (χ2n) is 6.05. The number of fused-ring (bicyclic) bond motifs is 2. The molecule has 7 heteroatoms. The summed E-state index contributed by atoms with van der Waals surface area (Å²) in [6.07, 6.45) is -0.970. The number of nitrogens with one attached hydrogen (secondary N) is 1. The third-order valence-electron chi connectivity index (χ3n) is 4.69. The van der Waals surface area contributed by atoms with E-state index in [-0.39, 0.29) is 24.5 Å². The summed E-state index contributed by atoms with van der Waals surface area (Å²) in [5.41, 5.74) is -2.48. The maximum absolute atomic E-state index is 13.0. The lowest BCUT2D eigenvalue weighted by Crippen LogP contribution is -2.59. The van der Waals surface area contributed by atoms with Crippen LogP contribution in [0.1, 0.15) is 24.2 Å². The molecule has 24 heavy (non-hydrogen) atoms. The van der Waals surface area contributed by atoms with E-state index in [9.17, 15) is 14.9 Å². The number of ether oxygens (including phenoxy) is 3. The highest BCUT2D eigenvalue weighted by molar-refractivity contribution is 6.07. The average Bonchev–Trinajstić information content (AvgIpc) is 2.90. The number of carbonyl (C=O) groups excluding carboxylic acids is 2. The number of Topliss-reactive ketones (excluding diaryl/α,β-unsaturated/α-hetero) is 1. The third-order valence-corrected chi connectivity index (χ3v) is 4.69. The van der Waals surface area contributed by atoms with Crippen molar-refractivity contribution in [2.24, 2.45) is 5.41 Å². The number of carbonyl (C=O) groups is 2. The van der Waals surface area contributed by atoms with Gasteiger partial charge in [0, 0.05) is 6.54 Å². The van der Waals surface area contributed by atoms with E-state index in [1.807, 2.05) is 0 Å². The first-order valence-electron chi connectivity index (χ1n) is 7.66. The van der Waals surface area contributed by atoms with E-state index in [2.05, 4.69) is 11.4 Å². The van der Waals surface area contributed by atoms with Crippen LogP contribution >= 0.6 is 0 Å². The van der Waals surface area contributed by atoms with E-state index in [0.29, 0.717) is 11.5 Å². The second-order valence-corrected chi connectivity index (χ2v) is 6.05. The molecule has 0 aromatic heterocycles. The van der Waals surface area contributed by atoms with Gasteiger partial charge in [-0.3, -0.25) is 10.1 Å². The highest BCUT2D eigenvalue weighted by Crippen LogP contribution is 2.47. The van der Waals surface area contributed by atoms with Crippen LogP contribution in [0.5, 0.6) is 11.5 Å². The smallest absolute Gasteiger partial charge is 0.330 e. The Morgan fingerprint density at radius 1 is 1.54 bits per heavy atom. The molecule has 0 amide bonds. The van der Waals surface area contributed by atoms with Gasteiger partial charge in [0.05, 0.1) is 25.3 Å². The molecule has 1 fully saturated rings. The zero-order valence-corrected chi connectivity index (χ0v) is 13.7. The number of hydrogen-bond donors (Lipinski definition) is 1. The molecule has 2 aliphatic rings. The molecular weight excluding hydrogens is 312 g/mol. The lowest BCUT2D eigenvalue weighted by Gasteiger charge is -2.38. The van der Waals surface area contributed by atoms with Crippen molar-refractivity contribution in [2.45, 2.75) is 25.5 Å². The Kier molecular flexibility index (Phi) is 3.73. The van der Waals surface area contributed by atoms with Crippen LogP contribution in [0.2, 0.25) is 0 Å². The van der Waals surface area contributed by atoms with Crippen molar-refractivity contribution in [2.75, 3.05) is 20.3 Å². The molecule has 2 heterocycles. The van der Waals surface area contributed by atoms with Crippen molar-refractivity contribution in [3.05, 3.63) is 23.8 Å². The van der Waals surface area contributed by atoms with Gasteiger partial charge in [0.25, 0.3) is 0 Å². The number of ketones is 1. The average molecular weight is 330 g/mol. The Morgan fingerprint density at radius 2 is 2.29 bits per heavy atom. The van der Waals surface area contributed by atoms with Crippen LogP contribution in [0.15, 0.2) is 18.2 Å². The Labute approximate surface area is 139 Å². The topological polar surface area (TPSA) is 97.7 Å². The Hall–Kier alpha value is -2.59. The molecule has 2 aliphatic heterocycles. The van der Waals surface area contributed by atoms with E-state index >= 15 is 0 Å². The van der Waals surface area contributed by atoms with Crippen LogP contribution in [0.4, 0.5) is 0 Å². The van der Waals surface area contributed by atoms with E-state index in [1.54, 1.807) is 32.0 Å². The maximum atomic E-state index is 13.0. The molecule has 0 radical (unpaired) electrons. The van der Waals surface area contributed by atoms with Crippen LogP contribution in [0, 0.1) is 16.7 Å². The minimum Gasteiger partial charge on any atom is -0.497 e. The van der Waals surface area contributed by atoms with Gasteiger partial charge in [0.15, 0.2) is 22.8 Å². The van der Waals surface area contributed by atoms with Crippen molar-refractivity contribution < 1.29 is 23.8 Å². The summed E-state index contributed by atoms with van der Waals surface area (Å²) < 4.78 is 16.2. The molecule has 0 saturated carbocycles. The quantitative estimate of drug-likeness (QED) is 0.828. The van der Waals surface area contributed by atoms with Gasteiger partial charge in [-0.15, -0.1) is 0 Å². The lowest BCUT2D eigenvalue weighted by molar-refractivity contribution is -0.153. The number of rotatable bonds is 3. The Balaban J connectivity index is 2.11. The van der Waals surface area contributed by atoms with Crippen LogP contribution in [-0.2, 0) is 9.53 Å². The van der Waals surface area contributed by atoms with Crippen molar-refractivity contribution >= 4 is 11.8 Å². The summed E-state index contributed by atoms with van der Waals surface area (Å²) in [6, 6.07) is 6.89. The van der Waals surface area contributed by atoms with Crippen molar-refractivity contribution in [1.29, 1.82) is 5.26 Å². The SMILES string of the molecule is CCOC(=O)[C@]1(C)NC[C@@]2(C#N)C(=O)c3cc(OC)ccc3O[C@H]21. The van der Waals surface area contributed by atoms with Gasteiger partial charge in [0.2, 0.25) is 0 Å². The molecule has 1 saturated heterocycles. The van der Waals surface area contributed by atoms with Gasteiger partial charge < -0.3 is 14.2 Å². The van der Waals surface area contributed by atoms with Gasteiger partial charge in [0.1, 0.15) is 11.5 Å². The van der Waals surface area contributed by atoms with Crippen molar-refractivity contribution in [1.82, 2.24) is 5.32 Å². The fraction of sp³-hybridized carbons (Fsp3) is 0.471. The molecular formula is C17H18N2O5. The first-order chi connectivity index (χ1) is 11.4. The molecule has 0 bridgehead atoms. The van der Waals surface area contributed by atoms with Gasteiger partial charge in [-0.1, -0.05) is 0 Å². The summed E-state index contributed by atoms with van der Waals surface area (Å²) in [7, 11) is 1.49. The highest BCUT2D eigenvalue weighted by Gasteiger charge is 2.67. The number of hydrogen-bond acceptors (Lipinski definition) is 7. The van der Waals surface area contributed by atoms with Gasteiger partial charge in [-0.05, 0) is 32.0 Å². The normalized spacial score (nSPS) is 30.6. The van der Waals surface area contributed by atoms with Crippen LogP contribution in [0.25, 0.3) is 0 Å². The van der Waals surface area contributed by atoms with E-state index in [0.717, 1.165) is 0 Å². The maximum Gasteiger partial charge on any atom is 0.330 e. The molecule has 0 spiro atoms. The summed E-state index contributed by atoms with van der Waals surface area (Å²) in [5, 5.41) is 12.7. The van der Waals surface area contributed by atoms with E-state index < -0.39 is 23.0 Å². The standard InChI is InChI=1S/C17H18N2O5/c1-4-23-15(21)16(2)14-17(8-18,9-19-16)13(20)11-7-10(22-3)5-6-12(11)24-14/h5-7,14,19H,4,9H2,1-3H3/t14-,16+,17-/m0/s1. The monoisotopic (exact) mass is 330 g/mol. The molecule has 0 aliphatic carbocycles. The zero-order chi connectivity index (χ0) is 17.5. The van der Waals surface area contributed by atoms with E-state index in [1.165, 1.54) is 7.11 Å². The van der Waals surface area contributed by atoms with Crippen LogP contribution < -0.4 is 14.8 Å². The molecule has 1 N–H and O–H groups in total. The van der Waals surface area contributed by atoms with Crippen molar-refractivity contribution in [3.8, 4) is 17.6 Å². The number of esters is 1. The summed E-state index contributed by atoms with van der Waals surface area (Å²) in [4.78, 5) is 25.4. The first-order valence-corrected chi connectivity index (χ1v) is 7.66. The molecule has 3 rings (SSSR count). The fourth-order valence-corrected chi connectivity index (χ4v) is 3.31. The third kappa shape index (κ3) is 2.00. The Bertz CT molecular complexity index is 756. The lowest BCUT2D eigenvalue weighted by atomic mass is 9.72. The summed E-state index contributed by atoms with van der Waals surface area (Å²) in [6.45, 7) is 3.50. The van der Waals surface area contributed by atoms with Gasteiger partial charge >= 0.3 is 5.97 Å². The second kappa shape index (κ2) is 5.49. The highest BCUT2D eigenvalue weighted by atomic mass is 16.5. The summed E-state index contributed by atoms with van der Waals surface area (Å²) >= 11 is 0. The molecule has 1 aromatic rings. The number of nitrogens with zero attached hydrogens (tertiary/aromatic N) is 1. The van der Waals surface area contributed by atoms with Gasteiger partial charge in [-0.25, -0.2) is 4.79 Å². The molecule has 7 nitrogen and oxygen atoms in total. The fourth-order valence-electron chi connectivity index (χ4n) is 3.31. The minimum absolute atomic E-state index is 0.0129. The molecule has 0 unspecified atom stereocenters. The first kappa shape index (κ1) is 16.3. The predicted molar refractivity (Wildman–Crippen MR) is 82.8 cm³/mol. The largest absolute Gasteiger partial charge is 0.497 e. The van der Waals surface area contributed by atoms with Gasteiger partial charge in [-0.2, -0.15) is 5.26 Å². The van der Waals surface area contributed by atoms with Crippen LogP contribution in [-0.4, -0.2) is 43.7 Å². The molecule has 3 atom stereocenters. The predicted octanol–water partition coefficient (Wildman–Crippen LogP) is 1.07. The van der Waals surface area contributed by atoms with Crippen LogP contribution in [0.3, 0.4) is 0 Å². The number of benzene rings is 1. The zero-order valence-electron chi connectivity index (χ0n) is 13.7. The summed E-state index contributed by atoms with van der Waals surface area (Å²) in [5.74, 6) is -0.0974. The molecule has 1 aromatic carbocycles. The minimum atomic E-state index is -1.49. The van der Waals surface area contributed by atoms with E-state index in [4.69, 9.17) is 14.2 Å². The van der Waals surface area contributed by atoms with Crippen molar-refractivity contribution in [3.63, 3.8) is 0 Å². The number of nitriles is 1. The molecule has 126 valence electrons.